The molecule has 8 nitrogen and oxygen atoms in total. The average molecular weight is 380 g/mol. The van der Waals surface area contributed by atoms with Gasteiger partial charge >= 0.3 is 6.03 Å². The van der Waals surface area contributed by atoms with Gasteiger partial charge in [0.05, 0.1) is 12.8 Å². The predicted molar refractivity (Wildman–Crippen MR) is 106 cm³/mol. The van der Waals surface area contributed by atoms with Crippen LogP contribution in [0.3, 0.4) is 0 Å². The number of rotatable bonds is 5. The maximum atomic E-state index is 12.3. The van der Waals surface area contributed by atoms with E-state index in [1.54, 1.807) is 12.6 Å². The fraction of sp³-hybridized carbons (Fsp3) is 0.350. The first kappa shape index (κ1) is 18.2. The Morgan fingerprint density at radius 2 is 2.00 bits per heavy atom. The van der Waals surface area contributed by atoms with Gasteiger partial charge in [0.15, 0.2) is 5.82 Å². The maximum Gasteiger partial charge on any atom is 0.319 e. The number of likely N-dealkylation sites (tertiary alicyclic amines) is 1. The van der Waals surface area contributed by atoms with Gasteiger partial charge in [-0.1, -0.05) is 0 Å². The van der Waals surface area contributed by atoms with E-state index in [-0.39, 0.29) is 12.1 Å². The van der Waals surface area contributed by atoms with Gasteiger partial charge in [0, 0.05) is 37.4 Å². The quantitative estimate of drug-likeness (QED) is 0.711. The maximum absolute atomic E-state index is 12.3. The van der Waals surface area contributed by atoms with Crippen molar-refractivity contribution in [3.05, 3.63) is 54.7 Å². The minimum atomic E-state index is -0.170. The van der Waals surface area contributed by atoms with E-state index in [9.17, 15) is 4.79 Å². The Morgan fingerprint density at radius 3 is 2.64 bits per heavy atom. The zero-order valence-electron chi connectivity index (χ0n) is 15.8. The summed E-state index contributed by atoms with van der Waals surface area (Å²) in [6, 6.07) is 11.5. The standard InChI is InChI=1S/C20H24N6O2/c1-25-14-21-24-19(25)15-4-6-16(7-5-15)22-20(27)23-17-8-10-26(11-9-17)13-18-3-2-12-28-18/h2-7,12,14,17H,8-11,13H2,1H3,(H2,22,23,27). The lowest BCUT2D eigenvalue weighted by molar-refractivity contribution is 0.179. The van der Waals surface area contributed by atoms with Crippen LogP contribution in [-0.4, -0.2) is 44.8 Å². The summed E-state index contributed by atoms with van der Waals surface area (Å²) >= 11 is 0. The molecule has 1 aromatic carbocycles. The Bertz CT molecular complexity index is 895. The van der Waals surface area contributed by atoms with Crippen LogP contribution >= 0.6 is 0 Å². The van der Waals surface area contributed by atoms with Crippen LogP contribution in [0.25, 0.3) is 11.4 Å². The highest BCUT2D eigenvalue weighted by Crippen LogP contribution is 2.19. The van der Waals surface area contributed by atoms with Gasteiger partial charge in [-0.05, 0) is 49.2 Å². The molecular formula is C20H24N6O2. The minimum absolute atomic E-state index is 0.170. The Morgan fingerprint density at radius 1 is 1.21 bits per heavy atom. The molecule has 3 heterocycles. The molecule has 0 saturated carbocycles. The molecule has 0 atom stereocenters. The molecule has 2 amide bonds. The SMILES string of the molecule is Cn1cnnc1-c1ccc(NC(=O)NC2CCN(Cc3ccco3)CC2)cc1. The predicted octanol–water partition coefficient (Wildman–Crippen LogP) is 2.86. The molecule has 2 N–H and O–H groups in total. The van der Waals surface area contributed by atoms with Crippen LogP contribution in [0.5, 0.6) is 0 Å². The van der Waals surface area contributed by atoms with Crippen LogP contribution in [0.4, 0.5) is 10.5 Å². The van der Waals surface area contributed by atoms with Gasteiger partial charge in [-0.3, -0.25) is 4.90 Å². The molecule has 8 heteroatoms. The van der Waals surface area contributed by atoms with E-state index >= 15 is 0 Å². The fourth-order valence-corrected chi connectivity index (χ4v) is 3.46. The first-order valence-electron chi connectivity index (χ1n) is 9.44. The molecular weight excluding hydrogens is 356 g/mol. The van der Waals surface area contributed by atoms with E-state index in [1.165, 1.54) is 0 Å². The third-order valence-electron chi connectivity index (χ3n) is 4.99. The number of piperidine rings is 1. The fourth-order valence-electron chi connectivity index (χ4n) is 3.46. The number of aryl methyl sites for hydroxylation is 1. The van der Waals surface area contributed by atoms with Gasteiger partial charge in [0.2, 0.25) is 0 Å². The third kappa shape index (κ3) is 4.40. The molecule has 2 aromatic heterocycles. The number of aromatic nitrogens is 3. The van der Waals surface area contributed by atoms with Crippen molar-refractivity contribution in [1.29, 1.82) is 0 Å². The normalized spacial score (nSPS) is 15.5. The van der Waals surface area contributed by atoms with Crippen molar-refractivity contribution in [2.75, 3.05) is 18.4 Å². The van der Waals surface area contributed by atoms with Crippen molar-refractivity contribution in [3.63, 3.8) is 0 Å². The van der Waals surface area contributed by atoms with Gasteiger partial charge in [-0.15, -0.1) is 10.2 Å². The number of furan rings is 1. The Labute approximate surface area is 163 Å². The molecule has 0 bridgehead atoms. The number of hydrogen-bond acceptors (Lipinski definition) is 5. The molecule has 146 valence electrons. The van der Waals surface area contributed by atoms with Crippen molar-refractivity contribution in [2.45, 2.75) is 25.4 Å². The number of nitrogens with zero attached hydrogens (tertiary/aromatic N) is 4. The summed E-state index contributed by atoms with van der Waals surface area (Å²) in [5.41, 5.74) is 1.70. The Kier molecular flexibility index (Phi) is 5.38. The van der Waals surface area contributed by atoms with Crippen LogP contribution in [0.1, 0.15) is 18.6 Å². The van der Waals surface area contributed by atoms with Crippen LogP contribution in [0, 0.1) is 0 Å². The molecule has 3 aromatic rings. The van der Waals surface area contributed by atoms with Gasteiger partial charge in [0.1, 0.15) is 12.1 Å². The topological polar surface area (TPSA) is 88.2 Å². The Hall–Kier alpha value is -3.13. The molecule has 4 rings (SSSR count). The summed E-state index contributed by atoms with van der Waals surface area (Å²) in [6.07, 6.45) is 5.22. The summed E-state index contributed by atoms with van der Waals surface area (Å²) in [7, 11) is 1.90. The second-order valence-corrected chi connectivity index (χ2v) is 7.07. The zero-order chi connectivity index (χ0) is 19.3. The van der Waals surface area contributed by atoms with Crippen molar-refractivity contribution in [3.8, 4) is 11.4 Å². The van der Waals surface area contributed by atoms with Crippen LogP contribution in [0.15, 0.2) is 53.4 Å². The number of amides is 2. The lowest BCUT2D eigenvalue weighted by Crippen LogP contribution is -2.45. The monoisotopic (exact) mass is 380 g/mol. The largest absolute Gasteiger partial charge is 0.468 e. The number of anilines is 1. The first-order chi connectivity index (χ1) is 13.7. The van der Waals surface area contributed by atoms with Gasteiger partial charge in [0.25, 0.3) is 0 Å². The first-order valence-corrected chi connectivity index (χ1v) is 9.44. The average Bonchev–Trinajstić information content (AvgIpc) is 3.36. The number of carbonyl (C=O) groups excluding carboxylic acids is 1. The lowest BCUT2D eigenvalue weighted by Gasteiger charge is -2.31. The second-order valence-electron chi connectivity index (χ2n) is 7.07. The summed E-state index contributed by atoms with van der Waals surface area (Å²) < 4.78 is 7.26. The number of hydrogen-bond donors (Lipinski definition) is 2. The number of nitrogens with one attached hydrogen (secondary N) is 2. The summed E-state index contributed by atoms with van der Waals surface area (Å²) in [4.78, 5) is 14.7. The van der Waals surface area contributed by atoms with E-state index < -0.39 is 0 Å². The molecule has 28 heavy (non-hydrogen) atoms. The molecule has 0 unspecified atom stereocenters. The van der Waals surface area contributed by atoms with Crippen molar-refractivity contribution >= 4 is 11.7 Å². The second kappa shape index (κ2) is 8.26. The molecule has 1 aliphatic heterocycles. The van der Waals surface area contributed by atoms with Crippen LogP contribution < -0.4 is 10.6 Å². The third-order valence-corrected chi connectivity index (χ3v) is 4.99. The molecule has 1 aliphatic rings. The van der Waals surface area contributed by atoms with Crippen molar-refractivity contribution in [2.24, 2.45) is 7.05 Å². The highest BCUT2D eigenvalue weighted by molar-refractivity contribution is 5.89. The molecule has 1 fully saturated rings. The number of benzene rings is 1. The molecule has 0 spiro atoms. The van der Waals surface area contributed by atoms with Crippen LogP contribution in [-0.2, 0) is 13.6 Å². The zero-order valence-corrected chi connectivity index (χ0v) is 15.8. The van der Waals surface area contributed by atoms with Gasteiger partial charge in [-0.2, -0.15) is 0 Å². The Balaban J connectivity index is 1.24. The lowest BCUT2D eigenvalue weighted by atomic mass is 10.1. The summed E-state index contributed by atoms with van der Waals surface area (Å²) in [6.45, 7) is 2.71. The highest BCUT2D eigenvalue weighted by Gasteiger charge is 2.21. The highest BCUT2D eigenvalue weighted by atomic mass is 16.3. The molecule has 1 saturated heterocycles. The molecule has 0 aliphatic carbocycles. The van der Waals surface area contributed by atoms with Gasteiger partial charge in [-0.25, -0.2) is 4.79 Å². The van der Waals surface area contributed by atoms with E-state index in [0.29, 0.717) is 0 Å². The van der Waals surface area contributed by atoms with E-state index in [1.807, 2.05) is 48.0 Å². The van der Waals surface area contributed by atoms with Gasteiger partial charge < -0.3 is 19.6 Å². The summed E-state index contributed by atoms with van der Waals surface area (Å²) in [5, 5.41) is 13.9. The van der Waals surface area contributed by atoms with Crippen LogP contribution in [0.2, 0.25) is 0 Å². The van der Waals surface area contributed by atoms with E-state index in [4.69, 9.17) is 4.42 Å². The van der Waals surface area contributed by atoms with E-state index in [0.717, 1.165) is 55.3 Å². The van der Waals surface area contributed by atoms with E-state index in [2.05, 4.69) is 25.7 Å². The smallest absolute Gasteiger partial charge is 0.319 e. The number of carbonyl (C=O) groups is 1. The molecule has 0 radical (unpaired) electrons. The minimum Gasteiger partial charge on any atom is -0.468 e. The number of urea groups is 1. The summed E-state index contributed by atoms with van der Waals surface area (Å²) in [5.74, 6) is 1.77. The van der Waals surface area contributed by atoms with Crippen molar-refractivity contribution in [1.82, 2.24) is 25.0 Å². The van der Waals surface area contributed by atoms with Crippen molar-refractivity contribution < 1.29 is 9.21 Å².